The predicted molar refractivity (Wildman–Crippen MR) is 59.6 cm³/mol. The molecule has 92 valence electrons. The second kappa shape index (κ2) is 4.82. The van der Waals surface area contributed by atoms with Crippen molar-refractivity contribution in [3.8, 4) is 0 Å². The topological polar surface area (TPSA) is 72.6 Å². The smallest absolute Gasteiger partial charge is 0.312 e. The van der Waals surface area contributed by atoms with Crippen molar-refractivity contribution in [3.63, 3.8) is 0 Å². The van der Waals surface area contributed by atoms with E-state index in [0.29, 0.717) is 6.54 Å². The summed E-state index contributed by atoms with van der Waals surface area (Å²) in [4.78, 5) is 24.7. The van der Waals surface area contributed by atoms with E-state index in [1.165, 1.54) is 7.11 Å². The van der Waals surface area contributed by atoms with Gasteiger partial charge in [-0.05, 0) is 33.2 Å². The molecule has 1 rings (SSSR count). The minimum atomic E-state index is -0.604. The Morgan fingerprint density at radius 3 is 2.62 bits per heavy atom. The summed E-state index contributed by atoms with van der Waals surface area (Å²) in [6.45, 7) is 4.95. The van der Waals surface area contributed by atoms with E-state index in [4.69, 9.17) is 10.5 Å². The Morgan fingerprint density at radius 1 is 1.50 bits per heavy atom. The average Bonchev–Trinajstić information content (AvgIpc) is 2.63. The zero-order chi connectivity index (χ0) is 12.3. The summed E-state index contributed by atoms with van der Waals surface area (Å²) in [6.07, 6.45) is 1.73. The van der Waals surface area contributed by atoms with Gasteiger partial charge in [-0.2, -0.15) is 0 Å². The number of esters is 1. The van der Waals surface area contributed by atoms with Gasteiger partial charge in [-0.25, -0.2) is 0 Å². The number of primary amides is 1. The number of nitrogens with zero attached hydrogens (tertiary/aromatic N) is 1. The highest BCUT2D eigenvalue weighted by Crippen LogP contribution is 2.25. The molecule has 0 aromatic rings. The number of hydrogen-bond acceptors (Lipinski definition) is 4. The summed E-state index contributed by atoms with van der Waals surface area (Å²) in [6, 6.07) is -0.232. The Hall–Kier alpha value is -1.10. The van der Waals surface area contributed by atoms with Gasteiger partial charge in [-0.15, -0.1) is 0 Å². The van der Waals surface area contributed by atoms with Gasteiger partial charge in [0.1, 0.15) is 0 Å². The summed E-state index contributed by atoms with van der Waals surface area (Å²) in [5, 5.41) is 0. The maximum absolute atomic E-state index is 11.5. The van der Waals surface area contributed by atoms with Crippen LogP contribution in [0.25, 0.3) is 0 Å². The first-order valence-electron chi connectivity index (χ1n) is 5.50. The molecule has 1 atom stereocenters. The van der Waals surface area contributed by atoms with Crippen molar-refractivity contribution in [2.45, 2.75) is 32.7 Å². The molecule has 0 bridgehead atoms. The number of carbonyl (C=O) groups excluding carboxylic acids is 2. The normalized spacial score (nSPS) is 22.1. The second-order valence-corrected chi connectivity index (χ2v) is 4.91. The lowest BCUT2D eigenvalue weighted by Crippen LogP contribution is -2.46. The van der Waals surface area contributed by atoms with Gasteiger partial charge < -0.3 is 10.5 Å². The first-order chi connectivity index (χ1) is 7.38. The van der Waals surface area contributed by atoms with Gasteiger partial charge in [-0.1, -0.05) is 0 Å². The van der Waals surface area contributed by atoms with Gasteiger partial charge in [0.05, 0.1) is 18.6 Å². The van der Waals surface area contributed by atoms with Crippen LogP contribution in [-0.4, -0.2) is 43.0 Å². The third-order valence-corrected chi connectivity index (χ3v) is 3.03. The Morgan fingerprint density at radius 2 is 2.12 bits per heavy atom. The van der Waals surface area contributed by atoms with Gasteiger partial charge in [0.25, 0.3) is 0 Å². The highest BCUT2D eigenvalue weighted by molar-refractivity contribution is 5.80. The molecule has 1 unspecified atom stereocenters. The maximum Gasteiger partial charge on any atom is 0.312 e. The summed E-state index contributed by atoms with van der Waals surface area (Å²) < 4.78 is 4.74. The van der Waals surface area contributed by atoms with Crippen molar-refractivity contribution in [2.75, 3.05) is 20.2 Å². The standard InChI is InChI=1S/C11H20N2O3/c1-11(2,10(15)16-3)7-13-6-4-5-8(13)9(12)14/h8H,4-7H2,1-3H3,(H2,12,14). The van der Waals surface area contributed by atoms with Gasteiger partial charge in [-0.3, -0.25) is 14.5 Å². The number of methoxy groups -OCH3 is 1. The van der Waals surface area contributed by atoms with Crippen molar-refractivity contribution in [1.29, 1.82) is 0 Å². The number of carbonyl (C=O) groups is 2. The number of likely N-dealkylation sites (tertiary alicyclic amines) is 1. The lowest BCUT2D eigenvalue weighted by Gasteiger charge is -2.30. The second-order valence-electron chi connectivity index (χ2n) is 4.91. The molecular formula is C11H20N2O3. The first-order valence-corrected chi connectivity index (χ1v) is 5.50. The molecule has 1 heterocycles. The van der Waals surface area contributed by atoms with E-state index in [9.17, 15) is 9.59 Å². The Balaban J connectivity index is 2.66. The number of nitrogens with two attached hydrogens (primary N) is 1. The van der Waals surface area contributed by atoms with E-state index in [-0.39, 0.29) is 17.9 Å². The third-order valence-electron chi connectivity index (χ3n) is 3.03. The predicted octanol–water partition coefficient (Wildman–Crippen LogP) is 0.135. The van der Waals surface area contributed by atoms with Gasteiger partial charge in [0.2, 0.25) is 5.91 Å². The van der Waals surface area contributed by atoms with Crippen LogP contribution in [0.1, 0.15) is 26.7 Å². The van der Waals surface area contributed by atoms with Crippen LogP contribution in [0.2, 0.25) is 0 Å². The average molecular weight is 228 g/mol. The fourth-order valence-corrected chi connectivity index (χ4v) is 2.19. The highest BCUT2D eigenvalue weighted by atomic mass is 16.5. The number of ether oxygens (including phenoxy) is 1. The molecule has 2 N–H and O–H groups in total. The molecule has 5 nitrogen and oxygen atoms in total. The summed E-state index contributed by atoms with van der Waals surface area (Å²) in [5.74, 6) is -0.569. The molecule has 0 radical (unpaired) electrons. The molecule has 1 amide bonds. The highest BCUT2D eigenvalue weighted by Gasteiger charge is 2.37. The van der Waals surface area contributed by atoms with Gasteiger partial charge >= 0.3 is 5.97 Å². The zero-order valence-electron chi connectivity index (χ0n) is 10.2. The van der Waals surface area contributed by atoms with E-state index in [1.807, 2.05) is 18.7 Å². The minimum absolute atomic E-state index is 0.232. The van der Waals surface area contributed by atoms with E-state index >= 15 is 0 Å². The van der Waals surface area contributed by atoms with Crippen LogP contribution in [0, 0.1) is 5.41 Å². The Kier molecular flexibility index (Phi) is 3.91. The molecule has 0 aliphatic carbocycles. The van der Waals surface area contributed by atoms with Crippen molar-refractivity contribution in [2.24, 2.45) is 11.1 Å². The SMILES string of the molecule is COC(=O)C(C)(C)CN1CCCC1C(N)=O. The van der Waals surface area contributed by atoms with Crippen LogP contribution >= 0.6 is 0 Å². The van der Waals surface area contributed by atoms with Crippen molar-refractivity contribution in [3.05, 3.63) is 0 Å². The molecule has 1 saturated heterocycles. The fourth-order valence-electron chi connectivity index (χ4n) is 2.19. The molecule has 0 saturated carbocycles. The van der Waals surface area contributed by atoms with E-state index in [1.54, 1.807) is 0 Å². The minimum Gasteiger partial charge on any atom is -0.469 e. The largest absolute Gasteiger partial charge is 0.469 e. The Labute approximate surface area is 95.9 Å². The van der Waals surface area contributed by atoms with E-state index < -0.39 is 5.41 Å². The Bertz CT molecular complexity index is 289. The number of hydrogen-bond donors (Lipinski definition) is 1. The number of rotatable bonds is 4. The quantitative estimate of drug-likeness (QED) is 0.694. The van der Waals surface area contributed by atoms with E-state index in [0.717, 1.165) is 19.4 Å². The zero-order valence-corrected chi connectivity index (χ0v) is 10.2. The molecule has 0 aromatic heterocycles. The van der Waals surface area contributed by atoms with Crippen LogP contribution in [0.5, 0.6) is 0 Å². The molecular weight excluding hydrogens is 208 g/mol. The fraction of sp³-hybridized carbons (Fsp3) is 0.818. The van der Waals surface area contributed by atoms with Crippen LogP contribution in [-0.2, 0) is 14.3 Å². The van der Waals surface area contributed by atoms with Crippen molar-refractivity contribution >= 4 is 11.9 Å². The van der Waals surface area contributed by atoms with Crippen LogP contribution < -0.4 is 5.73 Å². The molecule has 0 spiro atoms. The molecule has 0 aromatic carbocycles. The van der Waals surface area contributed by atoms with Crippen LogP contribution in [0.15, 0.2) is 0 Å². The lowest BCUT2D eigenvalue weighted by atomic mass is 9.92. The molecule has 1 aliphatic rings. The van der Waals surface area contributed by atoms with Crippen molar-refractivity contribution < 1.29 is 14.3 Å². The van der Waals surface area contributed by atoms with Crippen molar-refractivity contribution in [1.82, 2.24) is 4.90 Å². The van der Waals surface area contributed by atoms with E-state index in [2.05, 4.69) is 0 Å². The summed E-state index contributed by atoms with van der Waals surface area (Å²) >= 11 is 0. The summed E-state index contributed by atoms with van der Waals surface area (Å²) in [7, 11) is 1.37. The first kappa shape index (κ1) is 13.0. The number of amides is 1. The molecule has 1 fully saturated rings. The van der Waals surface area contributed by atoms with Gasteiger partial charge in [0, 0.05) is 6.54 Å². The maximum atomic E-state index is 11.5. The molecule has 5 heteroatoms. The third kappa shape index (κ3) is 2.72. The van der Waals surface area contributed by atoms with Crippen LogP contribution in [0.3, 0.4) is 0 Å². The monoisotopic (exact) mass is 228 g/mol. The van der Waals surface area contributed by atoms with Gasteiger partial charge in [0.15, 0.2) is 0 Å². The summed E-state index contributed by atoms with van der Waals surface area (Å²) in [5.41, 5.74) is 4.71. The molecule has 16 heavy (non-hydrogen) atoms. The lowest BCUT2D eigenvalue weighted by molar-refractivity contribution is -0.152. The molecule has 1 aliphatic heterocycles. The van der Waals surface area contributed by atoms with Crippen LogP contribution in [0.4, 0.5) is 0 Å².